The van der Waals surface area contributed by atoms with Gasteiger partial charge in [0.15, 0.2) is 0 Å². The van der Waals surface area contributed by atoms with Gasteiger partial charge in [-0.2, -0.15) is 0 Å². The number of carbonyl (C=O) groups excluding carboxylic acids is 3. The molecule has 1 saturated heterocycles. The normalized spacial score (nSPS) is 25.8. The average Bonchev–Trinajstić information content (AvgIpc) is 3.69. The van der Waals surface area contributed by atoms with E-state index in [0.717, 1.165) is 18.4 Å². The molecule has 1 aliphatic heterocycles. The summed E-state index contributed by atoms with van der Waals surface area (Å²) in [5, 5.41) is 6.06. The number of urea groups is 1. The van der Waals surface area contributed by atoms with Crippen molar-refractivity contribution >= 4 is 17.8 Å². The number of hydrogen-bond acceptors (Lipinski definition) is 4. The van der Waals surface area contributed by atoms with Crippen molar-refractivity contribution in [3.05, 3.63) is 29.8 Å². The minimum atomic E-state index is -4.74. The van der Waals surface area contributed by atoms with Crippen LogP contribution in [0.3, 0.4) is 0 Å². The second-order valence-corrected chi connectivity index (χ2v) is 11.1. The Morgan fingerprint density at radius 2 is 1.65 bits per heavy atom. The van der Waals surface area contributed by atoms with Crippen LogP contribution in [0.15, 0.2) is 24.3 Å². The Kier molecular flexibility index (Phi) is 7.36. The Bertz CT molecular complexity index is 1030. The number of benzene rings is 1. The van der Waals surface area contributed by atoms with Gasteiger partial charge in [0.25, 0.3) is 0 Å². The maximum Gasteiger partial charge on any atom is 0.573 e. The highest BCUT2D eigenvalue weighted by atomic mass is 19.4. The SMILES string of the molecule is CC(=O)NC(C)(C)C1C[C@@H](N(C(C)=O)C2CC2)CN(C(=O)N[C@@H]2C[C@H]2c2ccc(OC(F)(F)F)cc2)C1. The first kappa shape index (κ1) is 27.1. The van der Waals surface area contributed by atoms with Gasteiger partial charge in [-0.05, 0) is 57.2 Å². The van der Waals surface area contributed by atoms with Crippen molar-refractivity contribution in [3.8, 4) is 5.75 Å². The molecule has 3 aliphatic rings. The summed E-state index contributed by atoms with van der Waals surface area (Å²) in [6.07, 6.45) is -1.46. The smallest absolute Gasteiger partial charge is 0.406 e. The van der Waals surface area contributed by atoms with Gasteiger partial charge in [0.2, 0.25) is 11.8 Å². The van der Waals surface area contributed by atoms with Gasteiger partial charge in [0.1, 0.15) is 5.75 Å². The molecule has 0 spiro atoms. The highest BCUT2D eigenvalue weighted by Crippen LogP contribution is 2.42. The van der Waals surface area contributed by atoms with Gasteiger partial charge >= 0.3 is 12.4 Å². The third-order valence-corrected chi connectivity index (χ3v) is 7.57. The molecular formula is C26H35F3N4O4. The molecule has 8 nitrogen and oxygen atoms in total. The van der Waals surface area contributed by atoms with E-state index in [4.69, 9.17) is 0 Å². The lowest BCUT2D eigenvalue weighted by Crippen LogP contribution is -2.62. The maximum atomic E-state index is 13.3. The fourth-order valence-electron chi connectivity index (χ4n) is 5.57. The van der Waals surface area contributed by atoms with Crippen molar-refractivity contribution in [1.29, 1.82) is 0 Å². The molecule has 1 heterocycles. The van der Waals surface area contributed by atoms with Gasteiger partial charge in [0, 0.05) is 56.4 Å². The molecule has 4 rings (SSSR count). The number of hydrogen-bond donors (Lipinski definition) is 2. The quantitative estimate of drug-likeness (QED) is 0.568. The summed E-state index contributed by atoms with van der Waals surface area (Å²) in [6.45, 7) is 7.76. The summed E-state index contributed by atoms with van der Waals surface area (Å²) in [4.78, 5) is 41.3. The lowest BCUT2D eigenvalue weighted by molar-refractivity contribution is -0.274. The van der Waals surface area contributed by atoms with Crippen molar-refractivity contribution in [2.24, 2.45) is 5.92 Å². The van der Waals surface area contributed by atoms with Crippen molar-refractivity contribution in [3.63, 3.8) is 0 Å². The Labute approximate surface area is 214 Å². The molecule has 3 fully saturated rings. The van der Waals surface area contributed by atoms with Crippen LogP contribution in [0, 0.1) is 5.92 Å². The van der Waals surface area contributed by atoms with Gasteiger partial charge in [0.05, 0.1) is 6.04 Å². The molecule has 11 heteroatoms. The molecule has 1 aromatic rings. The fraction of sp³-hybridized carbons (Fsp3) is 0.654. The standard InChI is InChI=1S/C26H35F3N4O4/c1-15(34)31-25(3,4)18-11-20(33(16(2)35)19-7-8-19)14-32(13-18)24(36)30-23-12-22(23)17-5-9-21(10-6-17)37-26(27,28)29/h5-6,9-10,18-20,22-23H,7-8,11-14H2,1-4H3,(H,30,36)(H,31,34)/t18?,20-,22+,23-/m1/s1. The summed E-state index contributed by atoms with van der Waals surface area (Å²) >= 11 is 0. The predicted molar refractivity (Wildman–Crippen MR) is 130 cm³/mol. The molecule has 2 saturated carbocycles. The minimum absolute atomic E-state index is 0.00829. The van der Waals surface area contributed by atoms with Crippen molar-refractivity contribution < 1.29 is 32.3 Å². The number of alkyl halides is 3. The average molecular weight is 525 g/mol. The van der Waals surface area contributed by atoms with Crippen LogP contribution in [-0.2, 0) is 9.59 Å². The summed E-state index contributed by atoms with van der Waals surface area (Å²) in [5.74, 6) is -0.489. The molecule has 0 bridgehead atoms. The number of piperidine rings is 1. The van der Waals surface area contributed by atoms with E-state index in [2.05, 4.69) is 15.4 Å². The predicted octanol–water partition coefficient (Wildman–Crippen LogP) is 3.77. The van der Waals surface area contributed by atoms with Crippen molar-refractivity contribution in [2.75, 3.05) is 13.1 Å². The largest absolute Gasteiger partial charge is 0.573 e. The van der Waals surface area contributed by atoms with Crippen LogP contribution in [0.2, 0.25) is 0 Å². The highest BCUT2D eigenvalue weighted by Gasteiger charge is 2.46. The van der Waals surface area contributed by atoms with E-state index < -0.39 is 11.9 Å². The molecule has 1 unspecified atom stereocenters. The van der Waals surface area contributed by atoms with Crippen LogP contribution in [0.25, 0.3) is 0 Å². The number of halogens is 3. The molecular weight excluding hydrogens is 489 g/mol. The molecule has 0 aromatic heterocycles. The molecule has 4 atom stereocenters. The zero-order chi connectivity index (χ0) is 27.1. The topological polar surface area (TPSA) is 91.0 Å². The van der Waals surface area contributed by atoms with E-state index in [1.165, 1.54) is 19.1 Å². The van der Waals surface area contributed by atoms with Crippen molar-refractivity contribution in [2.45, 2.75) is 89.3 Å². The van der Waals surface area contributed by atoms with Crippen molar-refractivity contribution in [1.82, 2.24) is 20.4 Å². The van der Waals surface area contributed by atoms with E-state index in [-0.39, 0.29) is 53.6 Å². The van der Waals surface area contributed by atoms with Crippen LogP contribution < -0.4 is 15.4 Å². The molecule has 37 heavy (non-hydrogen) atoms. The van der Waals surface area contributed by atoms with E-state index in [1.807, 2.05) is 18.7 Å². The van der Waals surface area contributed by atoms with Crippen LogP contribution in [0.5, 0.6) is 5.75 Å². The highest BCUT2D eigenvalue weighted by molar-refractivity contribution is 5.77. The first-order valence-corrected chi connectivity index (χ1v) is 12.7. The van der Waals surface area contributed by atoms with Crippen LogP contribution in [0.1, 0.15) is 64.9 Å². The maximum absolute atomic E-state index is 13.3. The first-order chi connectivity index (χ1) is 17.2. The second-order valence-electron chi connectivity index (χ2n) is 11.1. The molecule has 4 amide bonds. The number of carbonyl (C=O) groups is 3. The number of amides is 4. The molecule has 1 aromatic carbocycles. The van der Waals surface area contributed by atoms with E-state index in [0.29, 0.717) is 25.9 Å². The van der Waals surface area contributed by atoms with Gasteiger partial charge in [-0.25, -0.2) is 4.79 Å². The third-order valence-electron chi connectivity index (χ3n) is 7.57. The minimum Gasteiger partial charge on any atom is -0.406 e. The van der Waals surface area contributed by atoms with Gasteiger partial charge in [-0.3, -0.25) is 9.59 Å². The van der Waals surface area contributed by atoms with E-state index in [9.17, 15) is 27.6 Å². The molecule has 204 valence electrons. The zero-order valence-corrected chi connectivity index (χ0v) is 21.6. The lowest BCUT2D eigenvalue weighted by Gasteiger charge is -2.47. The Hall–Kier alpha value is -2.98. The summed E-state index contributed by atoms with van der Waals surface area (Å²) in [5.41, 5.74) is 0.259. The van der Waals surface area contributed by atoms with Crippen LogP contribution in [-0.4, -0.2) is 70.8 Å². The van der Waals surface area contributed by atoms with Crippen LogP contribution in [0.4, 0.5) is 18.0 Å². The summed E-state index contributed by atoms with van der Waals surface area (Å²) in [6, 6.07) is 5.41. The number of likely N-dealkylation sites (tertiary alicyclic amines) is 1. The van der Waals surface area contributed by atoms with Crippen LogP contribution >= 0.6 is 0 Å². The van der Waals surface area contributed by atoms with Gasteiger partial charge < -0.3 is 25.2 Å². The molecule has 0 radical (unpaired) electrons. The Balaban J connectivity index is 1.42. The zero-order valence-electron chi connectivity index (χ0n) is 21.6. The molecule has 2 N–H and O–H groups in total. The first-order valence-electron chi connectivity index (χ1n) is 12.7. The number of nitrogens with zero attached hydrogens (tertiary/aromatic N) is 2. The third kappa shape index (κ3) is 6.87. The van der Waals surface area contributed by atoms with E-state index >= 15 is 0 Å². The van der Waals surface area contributed by atoms with Gasteiger partial charge in [-0.15, -0.1) is 13.2 Å². The van der Waals surface area contributed by atoms with E-state index in [1.54, 1.807) is 24.0 Å². The number of nitrogens with one attached hydrogen (secondary N) is 2. The molecule has 2 aliphatic carbocycles. The second kappa shape index (κ2) is 10.1. The number of rotatable bonds is 7. The summed E-state index contributed by atoms with van der Waals surface area (Å²) < 4.78 is 41.2. The fourth-order valence-corrected chi connectivity index (χ4v) is 5.57. The lowest BCUT2D eigenvalue weighted by atomic mass is 9.79. The van der Waals surface area contributed by atoms with Gasteiger partial charge in [-0.1, -0.05) is 12.1 Å². The summed E-state index contributed by atoms with van der Waals surface area (Å²) in [7, 11) is 0. The monoisotopic (exact) mass is 524 g/mol. The number of ether oxygens (including phenoxy) is 1. The Morgan fingerprint density at radius 3 is 2.19 bits per heavy atom. The Morgan fingerprint density at radius 1 is 1.00 bits per heavy atom.